The molecule has 0 aliphatic heterocycles. The molecule has 0 aliphatic rings. The summed E-state index contributed by atoms with van der Waals surface area (Å²) in [7, 11) is 0. The van der Waals surface area contributed by atoms with Crippen molar-refractivity contribution in [3.8, 4) is 0 Å². The molecule has 0 unspecified atom stereocenters. The van der Waals surface area contributed by atoms with Crippen LogP contribution in [0.3, 0.4) is 0 Å². The summed E-state index contributed by atoms with van der Waals surface area (Å²) < 4.78 is 0. The summed E-state index contributed by atoms with van der Waals surface area (Å²) in [4.78, 5) is 22.9. The molecule has 0 saturated heterocycles. The molecule has 0 bridgehead atoms. The Bertz CT molecular complexity index is 756. The Kier molecular flexibility index (Phi) is 4.25. The van der Waals surface area contributed by atoms with E-state index in [0.717, 1.165) is 27.7 Å². The van der Waals surface area contributed by atoms with Crippen molar-refractivity contribution in [2.45, 2.75) is 13.5 Å². The van der Waals surface area contributed by atoms with Gasteiger partial charge in [-0.25, -0.2) is 9.97 Å². The van der Waals surface area contributed by atoms with Gasteiger partial charge in [0.1, 0.15) is 11.5 Å². The number of aryl methyl sites for hydroxylation is 1. The third-order valence-electron chi connectivity index (χ3n) is 3.27. The third kappa shape index (κ3) is 3.04. The van der Waals surface area contributed by atoms with E-state index in [0.29, 0.717) is 12.2 Å². The van der Waals surface area contributed by atoms with E-state index in [1.165, 1.54) is 11.3 Å². The largest absolute Gasteiger partial charge is 0.298 e. The van der Waals surface area contributed by atoms with Gasteiger partial charge in [0, 0.05) is 11.1 Å². The molecule has 0 fully saturated rings. The first kappa shape index (κ1) is 14.4. The molecule has 0 saturated carbocycles. The number of anilines is 2. The number of benzene rings is 1. The van der Waals surface area contributed by atoms with Gasteiger partial charge in [-0.05, 0) is 24.6 Å². The fourth-order valence-electron chi connectivity index (χ4n) is 2.14. The molecule has 0 N–H and O–H groups in total. The van der Waals surface area contributed by atoms with E-state index < -0.39 is 0 Å². The molecule has 0 spiro atoms. The molecule has 110 valence electrons. The second kappa shape index (κ2) is 6.49. The van der Waals surface area contributed by atoms with Crippen LogP contribution in [0, 0.1) is 6.92 Å². The van der Waals surface area contributed by atoms with Gasteiger partial charge >= 0.3 is 0 Å². The smallest absolute Gasteiger partial charge is 0.192 e. The minimum atomic E-state index is 0.494. The predicted octanol–water partition coefficient (Wildman–Crippen LogP) is 4.00. The highest BCUT2D eigenvalue weighted by molar-refractivity contribution is 7.15. The van der Waals surface area contributed by atoms with E-state index in [4.69, 9.17) is 0 Å². The minimum absolute atomic E-state index is 0.494. The number of carbonyl (C=O) groups is 1. The van der Waals surface area contributed by atoms with E-state index in [2.05, 4.69) is 22.1 Å². The van der Waals surface area contributed by atoms with Crippen molar-refractivity contribution in [1.29, 1.82) is 0 Å². The number of rotatable bonds is 5. The molecule has 4 nitrogen and oxygen atoms in total. The van der Waals surface area contributed by atoms with Crippen LogP contribution in [0.1, 0.15) is 20.9 Å². The predicted molar refractivity (Wildman–Crippen MR) is 88.8 cm³/mol. The molecule has 3 aromatic rings. The highest BCUT2D eigenvalue weighted by Gasteiger charge is 2.17. The number of pyridine rings is 1. The van der Waals surface area contributed by atoms with Crippen LogP contribution >= 0.6 is 11.3 Å². The quantitative estimate of drug-likeness (QED) is 0.668. The van der Waals surface area contributed by atoms with Gasteiger partial charge in [-0.2, -0.15) is 0 Å². The maximum atomic E-state index is 11.1. The van der Waals surface area contributed by atoms with Crippen LogP contribution < -0.4 is 4.90 Å². The molecule has 3 rings (SSSR count). The van der Waals surface area contributed by atoms with Crippen molar-refractivity contribution < 1.29 is 4.79 Å². The van der Waals surface area contributed by atoms with Crippen molar-refractivity contribution in [3.05, 3.63) is 70.9 Å². The van der Waals surface area contributed by atoms with Crippen molar-refractivity contribution in [1.82, 2.24) is 9.97 Å². The molecule has 0 amide bonds. The molecular weight excluding hydrogens is 294 g/mol. The van der Waals surface area contributed by atoms with Gasteiger partial charge in [-0.15, -0.1) is 11.3 Å². The fraction of sp³-hybridized carbons (Fsp3) is 0.118. The first-order valence-electron chi connectivity index (χ1n) is 6.93. The maximum Gasteiger partial charge on any atom is 0.192 e. The first-order valence-corrected chi connectivity index (χ1v) is 7.74. The number of carbonyl (C=O) groups excluding carboxylic acids is 1. The highest BCUT2D eigenvalue weighted by atomic mass is 32.1. The van der Waals surface area contributed by atoms with Gasteiger partial charge in [-0.3, -0.25) is 9.69 Å². The average molecular weight is 309 g/mol. The van der Waals surface area contributed by atoms with Crippen LogP contribution in [0.25, 0.3) is 0 Å². The number of hydrogen-bond donors (Lipinski definition) is 0. The summed E-state index contributed by atoms with van der Waals surface area (Å²) in [6.07, 6.45) is 2.56. The Hall–Kier alpha value is -2.53. The molecule has 0 aliphatic carbocycles. The monoisotopic (exact) mass is 309 g/mol. The lowest BCUT2D eigenvalue weighted by Gasteiger charge is -2.20. The Morgan fingerprint density at radius 3 is 2.55 bits per heavy atom. The Balaban J connectivity index is 2.00. The van der Waals surface area contributed by atoms with Crippen LogP contribution in [-0.2, 0) is 6.54 Å². The van der Waals surface area contributed by atoms with Gasteiger partial charge in [-0.1, -0.05) is 36.4 Å². The van der Waals surface area contributed by atoms with Crippen molar-refractivity contribution in [3.63, 3.8) is 0 Å². The van der Waals surface area contributed by atoms with E-state index in [1.54, 1.807) is 6.20 Å². The summed E-state index contributed by atoms with van der Waals surface area (Å²) in [5.74, 6) is 0.817. The van der Waals surface area contributed by atoms with E-state index >= 15 is 0 Å². The van der Waals surface area contributed by atoms with Crippen molar-refractivity contribution >= 4 is 28.6 Å². The van der Waals surface area contributed by atoms with Gasteiger partial charge in [0.15, 0.2) is 11.4 Å². The van der Waals surface area contributed by atoms with Gasteiger partial charge in [0.05, 0.1) is 6.54 Å². The molecular formula is C17H15N3OS. The van der Waals surface area contributed by atoms with Crippen LogP contribution in [0.4, 0.5) is 10.9 Å². The van der Waals surface area contributed by atoms with Crippen molar-refractivity contribution in [2.75, 3.05) is 4.90 Å². The summed E-state index contributed by atoms with van der Waals surface area (Å²) in [6.45, 7) is 2.56. The lowest BCUT2D eigenvalue weighted by atomic mass is 10.2. The van der Waals surface area contributed by atoms with Crippen LogP contribution in [-0.4, -0.2) is 16.3 Å². The molecule has 22 heavy (non-hydrogen) atoms. The minimum Gasteiger partial charge on any atom is -0.298 e. The zero-order valence-electron chi connectivity index (χ0n) is 12.1. The number of aromatic nitrogens is 2. The Morgan fingerprint density at radius 2 is 1.91 bits per heavy atom. The SMILES string of the molecule is Cc1sc(N(Cc2ccccc2)c2ccccn2)nc1C=O. The molecule has 0 radical (unpaired) electrons. The molecule has 1 aromatic carbocycles. The third-order valence-corrected chi connectivity index (χ3v) is 4.28. The normalized spacial score (nSPS) is 10.4. The second-order valence-electron chi connectivity index (χ2n) is 4.82. The van der Waals surface area contributed by atoms with Gasteiger partial charge in [0.25, 0.3) is 0 Å². The Labute approximate surface area is 133 Å². The fourth-order valence-corrected chi connectivity index (χ4v) is 3.03. The average Bonchev–Trinajstić information content (AvgIpc) is 2.95. The van der Waals surface area contributed by atoms with Crippen LogP contribution in [0.5, 0.6) is 0 Å². The standard InChI is InChI=1S/C17H15N3OS/c1-13-15(12-21)19-17(22-13)20(16-9-5-6-10-18-16)11-14-7-3-2-4-8-14/h2-10,12H,11H2,1H3. The molecule has 2 aromatic heterocycles. The Morgan fingerprint density at radius 1 is 1.14 bits per heavy atom. The number of aldehydes is 1. The summed E-state index contributed by atoms with van der Waals surface area (Å²) in [6, 6.07) is 15.9. The lowest BCUT2D eigenvalue weighted by molar-refractivity contribution is 0.111. The zero-order valence-corrected chi connectivity index (χ0v) is 13.0. The number of hydrogen-bond acceptors (Lipinski definition) is 5. The second-order valence-corrected chi connectivity index (χ2v) is 6.00. The lowest BCUT2D eigenvalue weighted by Crippen LogP contribution is -2.17. The topological polar surface area (TPSA) is 46.1 Å². The number of thiazole rings is 1. The first-order chi connectivity index (χ1) is 10.8. The van der Waals surface area contributed by atoms with E-state index in [-0.39, 0.29) is 0 Å². The molecule has 5 heteroatoms. The molecule has 0 atom stereocenters. The summed E-state index contributed by atoms with van der Waals surface area (Å²) in [5.41, 5.74) is 1.66. The summed E-state index contributed by atoms with van der Waals surface area (Å²) >= 11 is 1.50. The van der Waals surface area contributed by atoms with Gasteiger partial charge in [0.2, 0.25) is 0 Å². The van der Waals surface area contributed by atoms with Crippen LogP contribution in [0.2, 0.25) is 0 Å². The van der Waals surface area contributed by atoms with Crippen LogP contribution in [0.15, 0.2) is 54.7 Å². The highest BCUT2D eigenvalue weighted by Crippen LogP contribution is 2.31. The van der Waals surface area contributed by atoms with Gasteiger partial charge < -0.3 is 0 Å². The zero-order chi connectivity index (χ0) is 15.4. The van der Waals surface area contributed by atoms with E-state index in [9.17, 15) is 4.79 Å². The maximum absolute atomic E-state index is 11.1. The van der Waals surface area contributed by atoms with E-state index in [1.807, 2.05) is 48.2 Å². The summed E-state index contributed by atoms with van der Waals surface area (Å²) in [5, 5.41) is 0.780. The molecule has 2 heterocycles. The number of nitrogens with zero attached hydrogens (tertiary/aromatic N) is 3. The van der Waals surface area contributed by atoms with Crippen molar-refractivity contribution in [2.24, 2.45) is 0 Å².